The Labute approximate surface area is 54.7 Å². The van der Waals surface area contributed by atoms with Crippen molar-refractivity contribution >= 4 is 26.3 Å². The SMILES string of the molecule is O=C(C#C[SiH3])C#C[SiH3]. The van der Waals surface area contributed by atoms with Gasteiger partial charge in [-0.2, -0.15) is 0 Å². The Hall–Kier alpha value is -0.776. The van der Waals surface area contributed by atoms with Crippen LogP contribution in [0, 0.1) is 22.9 Å². The molecule has 40 valence electrons. The highest BCUT2D eigenvalue weighted by Crippen LogP contribution is 1.59. The largest absolute Gasteiger partial charge is 0.277 e. The molecule has 0 aliphatic rings. The summed E-state index contributed by atoms with van der Waals surface area (Å²) in [4.78, 5) is 10.3. The molecule has 0 spiro atoms. The third-order valence-corrected chi connectivity index (χ3v) is 0.977. The molecule has 0 amide bonds. The van der Waals surface area contributed by atoms with Gasteiger partial charge in [0.15, 0.2) is 0 Å². The smallest absolute Gasteiger partial charge is 0.270 e. The van der Waals surface area contributed by atoms with E-state index < -0.39 is 0 Å². The van der Waals surface area contributed by atoms with Crippen molar-refractivity contribution in [2.24, 2.45) is 0 Å². The van der Waals surface area contributed by atoms with Crippen LogP contribution < -0.4 is 0 Å². The lowest BCUT2D eigenvalue weighted by Gasteiger charge is -1.65. The van der Waals surface area contributed by atoms with Crippen LogP contribution in [-0.4, -0.2) is 26.3 Å². The molecule has 0 heterocycles. The van der Waals surface area contributed by atoms with E-state index in [4.69, 9.17) is 0 Å². The predicted octanol–water partition coefficient (Wildman–Crippen LogP) is -2.79. The molecule has 1 nitrogen and oxygen atoms in total. The molecule has 0 aliphatic carbocycles. The summed E-state index contributed by atoms with van der Waals surface area (Å²) < 4.78 is 0. The fourth-order valence-electron chi connectivity index (χ4n) is 0.258. The van der Waals surface area contributed by atoms with Gasteiger partial charge in [0.05, 0.1) is 20.5 Å². The molecule has 8 heavy (non-hydrogen) atoms. The van der Waals surface area contributed by atoms with Crippen LogP contribution in [0.3, 0.4) is 0 Å². The Morgan fingerprint density at radius 1 is 1.12 bits per heavy atom. The molecule has 0 rings (SSSR count). The summed E-state index contributed by atoms with van der Waals surface area (Å²) in [5.74, 6) is 4.49. The van der Waals surface area contributed by atoms with Crippen molar-refractivity contribution in [1.29, 1.82) is 0 Å². The van der Waals surface area contributed by atoms with Crippen molar-refractivity contribution in [3.63, 3.8) is 0 Å². The minimum absolute atomic E-state index is 0.241. The molecule has 0 saturated carbocycles. The van der Waals surface area contributed by atoms with Crippen LogP contribution in [0.25, 0.3) is 0 Å². The van der Waals surface area contributed by atoms with Crippen LogP contribution in [0.1, 0.15) is 0 Å². The Balaban J connectivity index is 3.92. The average Bonchev–Trinajstić information content (AvgIpc) is 1.68. The van der Waals surface area contributed by atoms with E-state index in [9.17, 15) is 4.79 Å². The number of carbonyl (C=O) groups excluding carboxylic acids is 1. The van der Waals surface area contributed by atoms with E-state index in [1.165, 1.54) is 0 Å². The summed E-state index contributed by atoms with van der Waals surface area (Å²) in [5, 5.41) is 0. The summed E-state index contributed by atoms with van der Waals surface area (Å²) >= 11 is 0. The van der Waals surface area contributed by atoms with Crippen molar-refractivity contribution in [3.05, 3.63) is 0 Å². The summed E-state index contributed by atoms with van der Waals surface area (Å²) in [6.45, 7) is 0. The van der Waals surface area contributed by atoms with Crippen LogP contribution in [-0.2, 0) is 4.79 Å². The Kier molecular flexibility index (Phi) is 3.96. The molecule has 0 saturated heterocycles. The molecule has 0 N–H and O–H groups in total. The van der Waals surface area contributed by atoms with Gasteiger partial charge in [0.2, 0.25) is 0 Å². The highest BCUT2D eigenvalue weighted by Gasteiger charge is 1.80. The third kappa shape index (κ3) is 3.42. The molecule has 0 aromatic carbocycles. The van der Waals surface area contributed by atoms with Crippen LogP contribution >= 0.6 is 0 Å². The topological polar surface area (TPSA) is 17.1 Å². The number of Topliss-reactive ketones (excluding diaryl/α,β-unsaturated/α-hetero) is 1. The van der Waals surface area contributed by atoms with Gasteiger partial charge in [-0.3, -0.25) is 4.79 Å². The van der Waals surface area contributed by atoms with Gasteiger partial charge in [-0.25, -0.2) is 0 Å². The van der Waals surface area contributed by atoms with Gasteiger partial charge in [-0.15, -0.1) is 11.1 Å². The maximum absolute atomic E-state index is 10.3. The van der Waals surface area contributed by atoms with Gasteiger partial charge in [0, 0.05) is 0 Å². The van der Waals surface area contributed by atoms with Crippen molar-refractivity contribution in [2.75, 3.05) is 0 Å². The minimum Gasteiger partial charge on any atom is -0.270 e. The molecule has 0 aliphatic heterocycles. The van der Waals surface area contributed by atoms with Crippen molar-refractivity contribution in [2.45, 2.75) is 0 Å². The standard InChI is InChI=1S/C5H6OSi2/c6-5(1-3-7)2-4-8/h7-8H3. The fourth-order valence-corrected chi connectivity index (χ4v) is 0.712. The molecular weight excluding hydrogens is 132 g/mol. The van der Waals surface area contributed by atoms with E-state index in [0.717, 1.165) is 20.5 Å². The number of ketones is 1. The molecule has 0 aromatic rings. The zero-order valence-electron chi connectivity index (χ0n) is 4.91. The van der Waals surface area contributed by atoms with Gasteiger partial charge < -0.3 is 0 Å². The van der Waals surface area contributed by atoms with Gasteiger partial charge in [-0.05, 0) is 11.8 Å². The van der Waals surface area contributed by atoms with E-state index in [1.54, 1.807) is 0 Å². The van der Waals surface area contributed by atoms with Crippen molar-refractivity contribution in [3.8, 4) is 22.9 Å². The molecular formula is C5H6OSi2. The second-order valence-corrected chi connectivity index (χ2v) is 2.08. The van der Waals surface area contributed by atoms with Gasteiger partial charge in [0.1, 0.15) is 0 Å². The monoisotopic (exact) mass is 138 g/mol. The second kappa shape index (κ2) is 4.38. The molecule has 0 fully saturated rings. The number of carbonyl (C=O) groups is 1. The normalized spacial score (nSPS) is 6.00. The van der Waals surface area contributed by atoms with E-state index in [2.05, 4.69) is 22.9 Å². The maximum Gasteiger partial charge on any atom is 0.277 e. The quantitative estimate of drug-likeness (QED) is 0.261. The van der Waals surface area contributed by atoms with Gasteiger partial charge >= 0.3 is 0 Å². The first-order valence-corrected chi connectivity index (χ1v) is 4.20. The number of hydrogen-bond acceptors (Lipinski definition) is 1. The van der Waals surface area contributed by atoms with E-state index in [1.807, 2.05) is 0 Å². The first-order valence-electron chi connectivity index (χ1n) is 2.20. The Morgan fingerprint density at radius 2 is 1.50 bits per heavy atom. The molecule has 0 bridgehead atoms. The van der Waals surface area contributed by atoms with E-state index in [-0.39, 0.29) is 5.78 Å². The Morgan fingerprint density at radius 3 is 1.75 bits per heavy atom. The highest BCUT2D eigenvalue weighted by molar-refractivity contribution is 6.28. The molecule has 0 atom stereocenters. The molecule has 0 aromatic heterocycles. The van der Waals surface area contributed by atoms with Gasteiger partial charge in [-0.1, -0.05) is 0 Å². The number of rotatable bonds is 0. The van der Waals surface area contributed by atoms with E-state index >= 15 is 0 Å². The van der Waals surface area contributed by atoms with Crippen molar-refractivity contribution < 1.29 is 4.79 Å². The van der Waals surface area contributed by atoms with Crippen LogP contribution in [0.15, 0.2) is 0 Å². The molecule has 0 radical (unpaired) electrons. The minimum atomic E-state index is -0.241. The predicted molar refractivity (Wildman–Crippen MR) is 40.4 cm³/mol. The number of hydrogen-bond donors (Lipinski definition) is 0. The first kappa shape index (κ1) is 7.22. The van der Waals surface area contributed by atoms with Crippen LogP contribution in [0.4, 0.5) is 0 Å². The lowest BCUT2D eigenvalue weighted by Crippen LogP contribution is -1.85. The summed E-state index contributed by atoms with van der Waals surface area (Å²) in [7, 11) is 1.51. The Bertz CT molecular complexity index is 176. The second-order valence-electron chi connectivity index (χ2n) is 1.08. The first-order chi connectivity index (χ1) is 3.81. The van der Waals surface area contributed by atoms with E-state index in [0.29, 0.717) is 0 Å². The zero-order valence-corrected chi connectivity index (χ0v) is 8.91. The lowest BCUT2D eigenvalue weighted by atomic mass is 10.4. The summed E-state index contributed by atoms with van der Waals surface area (Å²) in [6.07, 6.45) is 0. The average molecular weight is 138 g/mol. The fraction of sp³-hybridized carbons (Fsp3) is 0. The highest BCUT2D eigenvalue weighted by atomic mass is 28.1. The maximum atomic E-state index is 10.3. The van der Waals surface area contributed by atoms with Crippen molar-refractivity contribution in [1.82, 2.24) is 0 Å². The molecule has 0 unspecified atom stereocenters. The molecule has 3 heteroatoms. The summed E-state index contributed by atoms with van der Waals surface area (Å²) in [5.41, 5.74) is 5.21. The summed E-state index contributed by atoms with van der Waals surface area (Å²) in [6, 6.07) is 0. The lowest BCUT2D eigenvalue weighted by molar-refractivity contribution is -0.108. The van der Waals surface area contributed by atoms with Gasteiger partial charge in [0.25, 0.3) is 5.78 Å². The van der Waals surface area contributed by atoms with Crippen LogP contribution in [0.5, 0.6) is 0 Å². The zero-order chi connectivity index (χ0) is 6.41. The van der Waals surface area contributed by atoms with Crippen LogP contribution in [0.2, 0.25) is 0 Å². The third-order valence-electron chi connectivity index (χ3n) is 0.477.